The van der Waals surface area contributed by atoms with E-state index in [2.05, 4.69) is 206 Å². The minimum absolute atomic E-state index is 0.145. The van der Waals surface area contributed by atoms with E-state index in [9.17, 15) is 0 Å². The number of nitrogens with zero attached hydrogens (tertiary/aromatic N) is 1. The fraction of sp³-hybridized carbons (Fsp3) is 0.0800. The highest BCUT2D eigenvalue weighted by Gasteiger charge is 2.52. The van der Waals surface area contributed by atoms with Crippen molar-refractivity contribution < 1.29 is 0 Å². The summed E-state index contributed by atoms with van der Waals surface area (Å²) in [4.78, 5) is 2.53. The van der Waals surface area contributed by atoms with Crippen molar-refractivity contribution >= 4 is 17.1 Å². The average Bonchev–Trinajstić information content (AvgIpc) is 3.67. The first-order chi connectivity index (χ1) is 25.2. The van der Waals surface area contributed by atoms with Crippen molar-refractivity contribution in [2.45, 2.75) is 24.2 Å². The van der Waals surface area contributed by atoms with Gasteiger partial charge in [0.05, 0.1) is 16.8 Å². The first-order valence-corrected chi connectivity index (χ1v) is 18.0. The topological polar surface area (TPSA) is 3.24 Å². The van der Waals surface area contributed by atoms with Crippen LogP contribution in [0.3, 0.4) is 0 Å². The summed E-state index contributed by atoms with van der Waals surface area (Å²) in [6, 6.07) is 63.1. The number of hydrogen-bond donors (Lipinski definition) is 0. The van der Waals surface area contributed by atoms with Crippen molar-refractivity contribution in [2.75, 3.05) is 4.90 Å². The van der Waals surface area contributed by atoms with E-state index in [1.807, 2.05) is 0 Å². The molecule has 242 valence electrons. The maximum atomic E-state index is 2.53. The van der Waals surface area contributed by atoms with E-state index in [1.54, 1.807) is 0 Å². The minimum atomic E-state index is -0.402. The molecule has 0 unspecified atom stereocenters. The van der Waals surface area contributed by atoms with Crippen LogP contribution in [-0.4, -0.2) is 0 Å². The van der Waals surface area contributed by atoms with Gasteiger partial charge in [-0.1, -0.05) is 177 Å². The van der Waals surface area contributed by atoms with Crippen molar-refractivity contribution in [2.24, 2.45) is 0 Å². The molecule has 10 rings (SSSR count). The molecule has 7 aromatic rings. The van der Waals surface area contributed by atoms with Crippen LogP contribution in [0.15, 0.2) is 194 Å². The first-order valence-electron chi connectivity index (χ1n) is 18.0. The summed E-state index contributed by atoms with van der Waals surface area (Å²) in [5.41, 5.74) is 17.4. The number of hydrogen-bond acceptors (Lipinski definition) is 1. The summed E-state index contributed by atoms with van der Waals surface area (Å²) in [5.74, 6) is 0. The highest BCUT2D eigenvalue weighted by atomic mass is 15.1. The van der Waals surface area contributed by atoms with E-state index in [0.29, 0.717) is 0 Å². The van der Waals surface area contributed by atoms with Crippen LogP contribution in [0.4, 0.5) is 17.1 Å². The standard InChI is InChI=1S/C50H37N/c1-49(33-14-3-15-34-49)44-25-12-13-27-46(44)51(37-31-29-36(30-32-37)35-17-4-2-5-18-35)47-28-16-26-45-48(47)40-21-8-11-24-43(40)50(45)41-22-9-6-19-38(41)39-20-7-10-23-42(39)50/h2-33H,34H2,1H3/t49-/m1/s1. The molecule has 0 aromatic heterocycles. The number of anilines is 3. The molecule has 7 aromatic carbocycles. The number of benzene rings is 7. The summed E-state index contributed by atoms with van der Waals surface area (Å²) in [6.07, 6.45) is 9.99. The fourth-order valence-corrected chi connectivity index (χ4v) is 9.23. The highest BCUT2D eigenvalue weighted by molar-refractivity contribution is 6.01. The van der Waals surface area contributed by atoms with Crippen LogP contribution < -0.4 is 4.90 Å². The van der Waals surface area contributed by atoms with Crippen molar-refractivity contribution in [3.8, 4) is 33.4 Å². The van der Waals surface area contributed by atoms with Gasteiger partial charge in [-0.15, -0.1) is 0 Å². The molecule has 1 atom stereocenters. The molecule has 51 heavy (non-hydrogen) atoms. The summed E-state index contributed by atoms with van der Waals surface area (Å²) in [6.45, 7) is 2.37. The molecule has 0 aliphatic heterocycles. The Bertz CT molecular complexity index is 2470. The second kappa shape index (κ2) is 11.4. The maximum absolute atomic E-state index is 2.53. The zero-order valence-corrected chi connectivity index (χ0v) is 28.6. The molecule has 0 saturated heterocycles. The van der Waals surface area contributed by atoms with Crippen LogP contribution in [0.5, 0.6) is 0 Å². The average molecular weight is 652 g/mol. The van der Waals surface area contributed by atoms with Gasteiger partial charge >= 0.3 is 0 Å². The predicted molar refractivity (Wildman–Crippen MR) is 213 cm³/mol. The SMILES string of the molecule is C[C@@]1(c2ccccc2N(c2ccc(-c3ccccc3)cc2)c2cccc3c2-c2ccccc2C32c3ccccc3-c3ccccc32)C=CC=CC1. The van der Waals surface area contributed by atoms with Crippen LogP contribution in [0.1, 0.15) is 41.2 Å². The van der Waals surface area contributed by atoms with E-state index >= 15 is 0 Å². The Morgan fingerprint density at radius 1 is 0.431 bits per heavy atom. The van der Waals surface area contributed by atoms with Crippen LogP contribution in [0.2, 0.25) is 0 Å². The molecule has 0 heterocycles. The maximum Gasteiger partial charge on any atom is 0.0726 e. The third kappa shape index (κ3) is 4.28. The van der Waals surface area contributed by atoms with E-state index in [-0.39, 0.29) is 5.41 Å². The van der Waals surface area contributed by atoms with Crippen LogP contribution in [-0.2, 0) is 10.8 Å². The molecule has 0 amide bonds. The van der Waals surface area contributed by atoms with Crippen molar-refractivity contribution in [3.63, 3.8) is 0 Å². The lowest BCUT2D eigenvalue weighted by atomic mass is 9.70. The van der Waals surface area contributed by atoms with Gasteiger partial charge in [-0.25, -0.2) is 0 Å². The molecular weight excluding hydrogens is 615 g/mol. The first kappa shape index (κ1) is 29.7. The van der Waals surface area contributed by atoms with Gasteiger partial charge in [0.1, 0.15) is 0 Å². The number of para-hydroxylation sites is 1. The summed E-state index contributed by atoms with van der Waals surface area (Å²) >= 11 is 0. The third-order valence-electron chi connectivity index (χ3n) is 11.5. The van der Waals surface area contributed by atoms with Crippen molar-refractivity contribution in [3.05, 3.63) is 222 Å². The molecular formula is C50H37N. The van der Waals surface area contributed by atoms with Gasteiger partial charge in [-0.2, -0.15) is 0 Å². The van der Waals surface area contributed by atoms with Gasteiger partial charge in [0.15, 0.2) is 0 Å². The molecule has 0 saturated carbocycles. The van der Waals surface area contributed by atoms with E-state index in [1.165, 1.54) is 72.6 Å². The van der Waals surface area contributed by atoms with Crippen molar-refractivity contribution in [1.29, 1.82) is 0 Å². The smallest absolute Gasteiger partial charge is 0.0726 e. The highest BCUT2D eigenvalue weighted by Crippen LogP contribution is 2.64. The summed E-state index contributed by atoms with van der Waals surface area (Å²) in [5, 5.41) is 0. The van der Waals surface area contributed by atoms with Gasteiger partial charge in [-0.05, 0) is 86.3 Å². The molecule has 1 spiro atoms. The van der Waals surface area contributed by atoms with Gasteiger partial charge in [0.25, 0.3) is 0 Å². The molecule has 0 bridgehead atoms. The molecule has 1 nitrogen and oxygen atoms in total. The zero-order chi connectivity index (χ0) is 34.0. The Hall–Kier alpha value is -6.18. The Labute approximate surface area is 300 Å². The second-order valence-electron chi connectivity index (χ2n) is 14.3. The molecule has 1 heteroatoms. The Morgan fingerprint density at radius 2 is 0.961 bits per heavy atom. The largest absolute Gasteiger partial charge is 0.310 e. The van der Waals surface area contributed by atoms with Crippen LogP contribution >= 0.6 is 0 Å². The molecule has 3 aliphatic rings. The van der Waals surface area contributed by atoms with Crippen LogP contribution in [0.25, 0.3) is 33.4 Å². The monoisotopic (exact) mass is 651 g/mol. The lowest BCUT2D eigenvalue weighted by molar-refractivity contribution is 0.600. The van der Waals surface area contributed by atoms with Crippen molar-refractivity contribution in [1.82, 2.24) is 0 Å². The molecule has 0 fully saturated rings. The molecule has 0 N–H and O–H groups in total. The Kier molecular flexibility index (Phi) is 6.66. The van der Waals surface area contributed by atoms with E-state index in [0.717, 1.165) is 12.1 Å². The van der Waals surface area contributed by atoms with Gasteiger partial charge in [0.2, 0.25) is 0 Å². The zero-order valence-electron chi connectivity index (χ0n) is 28.6. The fourth-order valence-electron chi connectivity index (χ4n) is 9.23. The van der Waals surface area contributed by atoms with Gasteiger partial charge in [-0.3, -0.25) is 0 Å². The lowest BCUT2D eigenvalue weighted by Gasteiger charge is -2.36. The van der Waals surface area contributed by atoms with E-state index < -0.39 is 5.41 Å². The number of fused-ring (bicyclic) bond motifs is 10. The quantitative estimate of drug-likeness (QED) is 0.179. The predicted octanol–water partition coefficient (Wildman–Crippen LogP) is 12.9. The second-order valence-corrected chi connectivity index (χ2v) is 14.3. The van der Waals surface area contributed by atoms with E-state index in [4.69, 9.17) is 0 Å². The lowest BCUT2D eigenvalue weighted by Crippen LogP contribution is -2.26. The summed E-state index contributed by atoms with van der Waals surface area (Å²) < 4.78 is 0. The molecule has 3 aliphatic carbocycles. The third-order valence-corrected chi connectivity index (χ3v) is 11.5. The number of rotatable bonds is 5. The normalized spacial score (nSPS) is 17.1. The number of allylic oxidation sites excluding steroid dienone is 4. The Balaban J connectivity index is 1.27. The molecule has 0 radical (unpaired) electrons. The van der Waals surface area contributed by atoms with Crippen LogP contribution in [0, 0.1) is 0 Å². The Morgan fingerprint density at radius 3 is 1.63 bits per heavy atom. The van der Waals surface area contributed by atoms with Gasteiger partial charge in [0, 0.05) is 16.7 Å². The summed E-state index contributed by atoms with van der Waals surface area (Å²) in [7, 11) is 0. The van der Waals surface area contributed by atoms with Gasteiger partial charge < -0.3 is 4.90 Å². The minimum Gasteiger partial charge on any atom is -0.310 e.